The highest BCUT2D eigenvalue weighted by Crippen LogP contribution is 2.22. The number of amides is 2. The summed E-state index contributed by atoms with van der Waals surface area (Å²) in [4.78, 5) is 60.7. The molecule has 27 heavy (non-hydrogen) atoms. The van der Waals surface area contributed by atoms with E-state index >= 15 is 0 Å². The Hall–Kier alpha value is -2.69. The first kappa shape index (κ1) is 22.4. The monoisotopic (exact) mass is 388 g/mol. The van der Waals surface area contributed by atoms with Gasteiger partial charge in [0.1, 0.15) is 12.1 Å². The molecule has 0 unspecified atom stereocenters. The third-order valence-electron chi connectivity index (χ3n) is 4.51. The standard InChI is InChI=1S/C16H24N2O9/c1-7(11(15(24)26-3)16(25)27-4)12(14(22)23)17-13(21)10-5-9(20)6-18(10)8(2)19/h7,9-12,20H,5-6H2,1-4H3,(H,17,21)(H,22,23)/t7-,9-,10+,12-/m1/s1. The van der Waals surface area contributed by atoms with Crippen molar-refractivity contribution in [3.05, 3.63) is 0 Å². The van der Waals surface area contributed by atoms with Crippen molar-refractivity contribution in [3.63, 3.8) is 0 Å². The quantitative estimate of drug-likeness (QED) is 0.335. The number of methoxy groups -OCH3 is 2. The first-order valence-corrected chi connectivity index (χ1v) is 8.19. The van der Waals surface area contributed by atoms with E-state index in [4.69, 9.17) is 0 Å². The Morgan fingerprint density at radius 2 is 1.63 bits per heavy atom. The largest absolute Gasteiger partial charge is 0.480 e. The molecule has 0 radical (unpaired) electrons. The van der Waals surface area contributed by atoms with Crippen molar-refractivity contribution in [1.29, 1.82) is 0 Å². The van der Waals surface area contributed by atoms with Crippen LogP contribution in [0.5, 0.6) is 0 Å². The first-order valence-electron chi connectivity index (χ1n) is 8.19. The molecular formula is C16H24N2O9. The fourth-order valence-electron chi connectivity index (χ4n) is 3.05. The number of rotatable bonds is 7. The minimum atomic E-state index is -1.63. The molecule has 1 aliphatic rings. The van der Waals surface area contributed by atoms with Gasteiger partial charge in [0, 0.05) is 25.8 Å². The maximum absolute atomic E-state index is 12.5. The lowest BCUT2D eigenvalue weighted by Crippen LogP contribution is -2.55. The number of aliphatic hydroxyl groups excluding tert-OH is 1. The van der Waals surface area contributed by atoms with Crippen LogP contribution in [0.4, 0.5) is 0 Å². The Morgan fingerprint density at radius 1 is 1.11 bits per heavy atom. The van der Waals surface area contributed by atoms with Crippen molar-refractivity contribution >= 4 is 29.7 Å². The molecule has 1 rings (SSSR count). The summed E-state index contributed by atoms with van der Waals surface area (Å²) < 4.78 is 9.04. The molecule has 0 aliphatic carbocycles. The molecule has 0 spiro atoms. The molecule has 2 amide bonds. The molecule has 1 heterocycles. The number of β-amino-alcohol motifs (C(OH)–C–C–N with tert-alkyl or cyclic N) is 1. The van der Waals surface area contributed by atoms with Crippen molar-refractivity contribution in [2.75, 3.05) is 20.8 Å². The Balaban J connectivity index is 3.05. The van der Waals surface area contributed by atoms with Crippen LogP contribution in [0.25, 0.3) is 0 Å². The number of ether oxygens (including phenoxy) is 2. The van der Waals surface area contributed by atoms with E-state index in [1.807, 2.05) is 0 Å². The van der Waals surface area contributed by atoms with Crippen LogP contribution < -0.4 is 5.32 Å². The molecule has 0 saturated carbocycles. The number of nitrogens with zero attached hydrogens (tertiary/aromatic N) is 1. The van der Waals surface area contributed by atoms with Crippen LogP contribution in [0, 0.1) is 11.8 Å². The van der Waals surface area contributed by atoms with Gasteiger partial charge < -0.3 is 29.9 Å². The van der Waals surface area contributed by atoms with E-state index in [2.05, 4.69) is 14.8 Å². The first-order chi connectivity index (χ1) is 12.5. The number of aliphatic carboxylic acids is 1. The third kappa shape index (κ3) is 5.16. The fourth-order valence-corrected chi connectivity index (χ4v) is 3.05. The number of carbonyl (C=O) groups excluding carboxylic acids is 4. The number of carboxylic acid groups (broad SMARTS) is 1. The molecule has 1 fully saturated rings. The van der Waals surface area contributed by atoms with Gasteiger partial charge in [0.15, 0.2) is 5.92 Å². The lowest BCUT2D eigenvalue weighted by molar-refractivity contribution is -0.163. The summed E-state index contributed by atoms with van der Waals surface area (Å²) in [6, 6.07) is -2.69. The number of nitrogens with one attached hydrogen (secondary N) is 1. The summed E-state index contributed by atoms with van der Waals surface area (Å²) in [7, 11) is 2.06. The van der Waals surface area contributed by atoms with Gasteiger partial charge in [-0.25, -0.2) is 4.79 Å². The maximum Gasteiger partial charge on any atom is 0.326 e. The van der Waals surface area contributed by atoms with E-state index < -0.39 is 59.7 Å². The Morgan fingerprint density at radius 3 is 2.04 bits per heavy atom. The SMILES string of the molecule is COC(=O)C(C(=O)OC)[C@@H](C)[C@@H](NC(=O)[C@@H]1C[C@@H](O)CN1C(C)=O)C(=O)O. The van der Waals surface area contributed by atoms with Crippen LogP contribution in [-0.4, -0.2) is 83.8 Å². The molecule has 11 nitrogen and oxygen atoms in total. The lowest BCUT2D eigenvalue weighted by atomic mass is 9.87. The molecule has 1 saturated heterocycles. The molecule has 0 aromatic rings. The second kappa shape index (κ2) is 9.31. The molecule has 4 atom stereocenters. The van der Waals surface area contributed by atoms with Gasteiger partial charge >= 0.3 is 17.9 Å². The fraction of sp³-hybridized carbons (Fsp3) is 0.688. The Labute approximate surface area is 155 Å². The number of carbonyl (C=O) groups is 5. The minimum Gasteiger partial charge on any atom is -0.480 e. The normalized spacial score (nSPS) is 21.3. The third-order valence-corrected chi connectivity index (χ3v) is 4.51. The molecular weight excluding hydrogens is 364 g/mol. The summed E-state index contributed by atoms with van der Waals surface area (Å²) in [5, 5.41) is 21.4. The molecule has 152 valence electrons. The van der Waals surface area contributed by atoms with Crippen LogP contribution in [0.2, 0.25) is 0 Å². The van der Waals surface area contributed by atoms with E-state index in [1.165, 1.54) is 13.8 Å². The van der Waals surface area contributed by atoms with Gasteiger partial charge in [-0.1, -0.05) is 6.92 Å². The van der Waals surface area contributed by atoms with E-state index in [9.17, 15) is 34.2 Å². The van der Waals surface area contributed by atoms with Crippen molar-refractivity contribution in [1.82, 2.24) is 10.2 Å². The van der Waals surface area contributed by atoms with Crippen LogP contribution >= 0.6 is 0 Å². The smallest absolute Gasteiger partial charge is 0.326 e. The number of hydrogen-bond acceptors (Lipinski definition) is 8. The molecule has 0 aromatic heterocycles. The Bertz CT molecular complexity index is 605. The second-order valence-corrected chi connectivity index (χ2v) is 6.28. The summed E-state index contributed by atoms with van der Waals surface area (Å²) in [6.07, 6.45) is -0.966. The van der Waals surface area contributed by atoms with Gasteiger partial charge in [0.25, 0.3) is 0 Å². The summed E-state index contributed by atoms with van der Waals surface area (Å²) in [5.41, 5.74) is 0. The van der Waals surface area contributed by atoms with Gasteiger partial charge in [-0.15, -0.1) is 0 Å². The zero-order chi connectivity index (χ0) is 20.9. The van der Waals surface area contributed by atoms with Crippen molar-refractivity contribution in [2.45, 2.75) is 38.5 Å². The number of carboxylic acids is 1. The van der Waals surface area contributed by atoms with Crippen LogP contribution in [0.15, 0.2) is 0 Å². The van der Waals surface area contributed by atoms with Crippen LogP contribution in [-0.2, 0) is 33.4 Å². The predicted octanol–water partition coefficient (Wildman–Crippen LogP) is -1.86. The lowest BCUT2D eigenvalue weighted by Gasteiger charge is -2.28. The van der Waals surface area contributed by atoms with E-state index in [1.54, 1.807) is 0 Å². The Kier molecular flexibility index (Phi) is 7.70. The number of likely N-dealkylation sites (tertiary alicyclic amines) is 1. The van der Waals surface area contributed by atoms with Gasteiger partial charge in [0.2, 0.25) is 11.8 Å². The van der Waals surface area contributed by atoms with Crippen LogP contribution in [0.1, 0.15) is 20.3 Å². The summed E-state index contributed by atoms with van der Waals surface area (Å²) in [5.74, 6) is -7.53. The van der Waals surface area contributed by atoms with Gasteiger partial charge in [0.05, 0.1) is 20.3 Å². The molecule has 0 aromatic carbocycles. The molecule has 3 N–H and O–H groups in total. The zero-order valence-corrected chi connectivity index (χ0v) is 15.5. The van der Waals surface area contributed by atoms with Gasteiger partial charge in [-0.05, 0) is 0 Å². The average molecular weight is 388 g/mol. The van der Waals surface area contributed by atoms with Gasteiger partial charge in [-0.2, -0.15) is 0 Å². The van der Waals surface area contributed by atoms with E-state index in [0.29, 0.717) is 0 Å². The average Bonchev–Trinajstić information content (AvgIpc) is 3.00. The second-order valence-electron chi connectivity index (χ2n) is 6.28. The summed E-state index contributed by atoms with van der Waals surface area (Å²) >= 11 is 0. The summed E-state index contributed by atoms with van der Waals surface area (Å²) in [6.45, 7) is 2.46. The number of hydrogen-bond donors (Lipinski definition) is 3. The predicted molar refractivity (Wildman–Crippen MR) is 88.1 cm³/mol. The number of aliphatic hydroxyl groups is 1. The molecule has 11 heteroatoms. The minimum absolute atomic E-state index is 0.0480. The van der Waals surface area contributed by atoms with E-state index in [0.717, 1.165) is 19.1 Å². The number of esters is 2. The van der Waals surface area contributed by atoms with Gasteiger partial charge in [-0.3, -0.25) is 19.2 Å². The molecule has 1 aliphatic heterocycles. The highest BCUT2D eigenvalue weighted by Gasteiger charge is 2.44. The van der Waals surface area contributed by atoms with E-state index in [-0.39, 0.29) is 13.0 Å². The van der Waals surface area contributed by atoms with Crippen molar-refractivity contribution in [2.24, 2.45) is 11.8 Å². The van der Waals surface area contributed by atoms with Crippen molar-refractivity contribution < 1.29 is 43.7 Å². The highest BCUT2D eigenvalue weighted by atomic mass is 16.5. The molecule has 0 bridgehead atoms. The zero-order valence-electron chi connectivity index (χ0n) is 15.5. The van der Waals surface area contributed by atoms with Crippen molar-refractivity contribution in [3.8, 4) is 0 Å². The topological polar surface area (TPSA) is 160 Å². The van der Waals surface area contributed by atoms with Crippen LogP contribution in [0.3, 0.4) is 0 Å². The highest BCUT2D eigenvalue weighted by molar-refractivity contribution is 5.97. The maximum atomic E-state index is 12.5.